The summed E-state index contributed by atoms with van der Waals surface area (Å²) in [5.41, 5.74) is 1.34. The largest absolute Gasteiger partial charge is 0.294 e. The highest BCUT2D eigenvalue weighted by Crippen LogP contribution is 2.16. The van der Waals surface area contributed by atoms with Gasteiger partial charge < -0.3 is 0 Å². The molecule has 3 heteroatoms. The lowest BCUT2D eigenvalue weighted by Gasteiger charge is -2.00. The highest BCUT2D eigenvalue weighted by Gasteiger charge is 2.07. The minimum atomic E-state index is 0.0347. The van der Waals surface area contributed by atoms with Gasteiger partial charge in [0.1, 0.15) is 0 Å². The molecule has 64 valence electrons. The third-order valence-corrected chi connectivity index (χ3v) is 1.92. The highest BCUT2D eigenvalue weighted by molar-refractivity contribution is 6.33. The summed E-state index contributed by atoms with van der Waals surface area (Å²) in [4.78, 5) is 15.2. The second-order valence-electron chi connectivity index (χ2n) is 2.58. The molecule has 0 saturated carbocycles. The van der Waals surface area contributed by atoms with E-state index in [1.54, 1.807) is 13.0 Å². The van der Waals surface area contributed by atoms with Gasteiger partial charge in [-0.1, -0.05) is 18.5 Å². The number of aryl methyl sites for hydroxylation is 1. The predicted octanol–water partition coefficient (Wildman–Crippen LogP) is 2.64. The number of carbonyl (C=O) groups excluding carboxylic acids is 1. The Morgan fingerprint density at radius 2 is 2.33 bits per heavy atom. The van der Waals surface area contributed by atoms with Crippen LogP contribution in [0.1, 0.15) is 29.4 Å². The number of carbonyl (C=O) groups is 1. The van der Waals surface area contributed by atoms with Crippen LogP contribution in [-0.4, -0.2) is 10.8 Å². The lowest BCUT2D eigenvalue weighted by molar-refractivity contribution is 0.0988. The summed E-state index contributed by atoms with van der Waals surface area (Å²) >= 11 is 5.84. The van der Waals surface area contributed by atoms with Gasteiger partial charge in [0.2, 0.25) is 0 Å². The molecule has 0 aliphatic rings. The minimum Gasteiger partial charge on any atom is -0.294 e. The minimum absolute atomic E-state index is 0.0347. The fraction of sp³-hybridized carbons (Fsp3) is 0.333. The molecule has 12 heavy (non-hydrogen) atoms. The van der Waals surface area contributed by atoms with Crippen LogP contribution < -0.4 is 0 Å². The average molecular weight is 184 g/mol. The first kappa shape index (κ1) is 9.20. The van der Waals surface area contributed by atoms with Crippen LogP contribution in [0.15, 0.2) is 12.3 Å². The first-order chi connectivity index (χ1) is 5.65. The second kappa shape index (κ2) is 3.68. The molecule has 2 nitrogen and oxygen atoms in total. The number of hydrogen-bond acceptors (Lipinski definition) is 2. The molecule has 0 N–H and O–H groups in total. The maximum absolute atomic E-state index is 11.2. The molecule has 0 aliphatic heterocycles. The van der Waals surface area contributed by atoms with Gasteiger partial charge in [0.15, 0.2) is 5.78 Å². The Balaban J connectivity index is 3.09. The first-order valence-electron chi connectivity index (χ1n) is 3.80. The van der Waals surface area contributed by atoms with Crippen LogP contribution in [0.2, 0.25) is 5.02 Å². The molecule has 0 bridgehead atoms. The van der Waals surface area contributed by atoms with Crippen molar-refractivity contribution in [2.24, 2.45) is 0 Å². The van der Waals surface area contributed by atoms with Crippen LogP contribution >= 0.6 is 11.6 Å². The van der Waals surface area contributed by atoms with Crippen molar-refractivity contribution in [1.82, 2.24) is 4.98 Å². The summed E-state index contributed by atoms with van der Waals surface area (Å²) in [6.07, 6.45) is 1.99. The van der Waals surface area contributed by atoms with E-state index >= 15 is 0 Å². The third-order valence-electron chi connectivity index (χ3n) is 1.61. The quantitative estimate of drug-likeness (QED) is 0.660. The Bertz CT molecular complexity index is 309. The lowest BCUT2D eigenvalue weighted by atomic mass is 10.1. The molecule has 1 aromatic rings. The van der Waals surface area contributed by atoms with Crippen LogP contribution in [0.3, 0.4) is 0 Å². The summed E-state index contributed by atoms with van der Waals surface area (Å²) in [6, 6.07) is 1.70. The van der Waals surface area contributed by atoms with Crippen molar-refractivity contribution in [2.75, 3.05) is 0 Å². The van der Waals surface area contributed by atoms with Crippen LogP contribution in [0.5, 0.6) is 0 Å². The average Bonchev–Trinajstić information content (AvgIpc) is 2.03. The van der Waals surface area contributed by atoms with Crippen molar-refractivity contribution in [2.45, 2.75) is 20.3 Å². The zero-order valence-electron chi connectivity index (χ0n) is 7.10. The molecule has 0 spiro atoms. The van der Waals surface area contributed by atoms with Gasteiger partial charge in [0.05, 0.1) is 10.6 Å². The molecule has 0 aromatic carbocycles. The van der Waals surface area contributed by atoms with Gasteiger partial charge in [-0.15, -0.1) is 0 Å². The van der Waals surface area contributed by atoms with Gasteiger partial charge in [-0.3, -0.25) is 9.78 Å². The SMILES string of the molecule is CCC(=O)c1cnc(C)cc1Cl. The van der Waals surface area contributed by atoms with Gasteiger partial charge in [0, 0.05) is 18.3 Å². The van der Waals surface area contributed by atoms with E-state index in [0.717, 1.165) is 5.69 Å². The van der Waals surface area contributed by atoms with Crippen molar-refractivity contribution in [3.63, 3.8) is 0 Å². The molecular formula is C9H10ClNO. The van der Waals surface area contributed by atoms with Crippen molar-refractivity contribution >= 4 is 17.4 Å². The molecule has 0 atom stereocenters. The number of nitrogens with zero attached hydrogens (tertiary/aromatic N) is 1. The highest BCUT2D eigenvalue weighted by atomic mass is 35.5. The monoisotopic (exact) mass is 183 g/mol. The van der Waals surface area contributed by atoms with E-state index in [2.05, 4.69) is 4.98 Å². The van der Waals surface area contributed by atoms with Crippen molar-refractivity contribution in [3.8, 4) is 0 Å². The standard InChI is InChI=1S/C9H10ClNO/c1-3-9(12)7-5-11-6(2)4-8(7)10/h4-5H,3H2,1-2H3. The Morgan fingerprint density at radius 3 is 2.83 bits per heavy atom. The second-order valence-corrected chi connectivity index (χ2v) is 2.99. The van der Waals surface area contributed by atoms with E-state index < -0.39 is 0 Å². The summed E-state index contributed by atoms with van der Waals surface area (Å²) in [6.45, 7) is 3.64. The van der Waals surface area contributed by atoms with Crippen LogP contribution in [0.4, 0.5) is 0 Å². The Kier molecular flexibility index (Phi) is 2.82. The number of aromatic nitrogens is 1. The van der Waals surface area contributed by atoms with Gasteiger partial charge in [-0.25, -0.2) is 0 Å². The number of rotatable bonds is 2. The van der Waals surface area contributed by atoms with Crippen molar-refractivity contribution < 1.29 is 4.79 Å². The summed E-state index contributed by atoms with van der Waals surface area (Å²) < 4.78 is 0. The Morgan fingerprint density at radius 1 is 1.67 bits per heavy atom. The fourth-order valence-electron chi connectivity index (χ4n) is 0.922. The van der Waals surface area contributed by atoms with E-state index in [0.29, 0.717) is 17.0 Å². The predicted molar refractivity (Wildman–Crippen MR) is 48.6 cm³/mol. The molecule has 1 rings (SSSR count). The van der Waals surface area contributed by atoms with E-state index in [4.69, 9.17) is 11.6 Å². The fourth-order valence-corrected chi connectivity index (χ4v) is 1.23. The zero-order chi connectivity index (χ0) is 9.14. The van der Waals surface area contributed by atoms with Crippen LogP contribution in [0.25, 0.3) is 0 Å². The van der Waals surface area contributed by atoms with Crippen molar-refractivity contribution in [3.05, 3.63) is 28.5 Å². The van der Waals surface area contributed by atoms with Crippen LogP contribution in [0, 0.1) is 6.92 Å². The summed E-state index contributed by atoms with van der Waals surface area (Å²) in [7, 11) is 0. The molecule has 1 aromatic heterocycles. The van der Waals surface area contributed by atoms with E-state index in [1.165, 1.54) is 6.20 Å². The Labute approximate surface area is 76.6 Å². The number of pyridine rings is 1. The van der Waals surface area contributed by atoms with Gasteiger partial charge in [-0.05, 0) is 13.0 Å². The number of ketones is 1. The van der Waals surface area contributed by atoms with Crippen molar-refractivity contribution in [1.29, 1.82) is 0 Å². The third kappa shape index (κ3) is 1.83. The Hall–Kier alpha value is -0.890. The summed E-state index contributed by atoms with van der Waals surface area (Å²) in [5.74, 6) is 0.0347. The number of halogens is 1. The molecule has 0 fully saturated rings. The van der Waals surface area contributed by atoms with E-state index in [9.17, 15) is 4.79 Å². The topological polar surface area (TPSA) is 30.0 Å². The smallest absolute Gasteiger partial charge is 0.165 e. The first-order valence-corrected chi connectivity index (χ1v) is 4.18. The number of hydrogen-bond donors (Lipinski definition) is 0. The van der Waals surface area contributed by atoms with E-state index in [1.807, 2.05) is 6.92 Å². The number of Topliss-reactive ketones (excluding diaryl/α,β-unsaturated/α-hetero) is 1. The zero-order valence-corrected chi connectivity index (χ0v) is 7.85. The van der Waals surface area contributed by atoms with Gasteiger partial charge in [0.25, 0.3) is 0 Å². The molecule has 0 radical (unpaired) electrons. The summed E-state index contributed by atoms with van der Waals surface area (Å²) in [5, 5.41) is 0.495. The molecule has 0 amide bonds. The molecule has 0 saturated heterocycles. The molecular weight excluding hydrogens is 174 g/mol. The molecule has 0 unspecified atom stereocenters. The maximum Gasteiger partial charge on any atom is 0.165 e. The molecule has 1 heterocycles. The molecule has 0 aliphatic carbocycles. The lowest BCUT2D eigenvalue weighted by Crippen LogP contribution is -1.99. The van der Waals surface area contributed by atoms with Gasteiger partial charge in [-0.2, -0.15) is 0 Å². The van der Waals surface area contributed by atoms with Crippen LogP contribution in [-0.2, 0) is 0 Å². The van der Waals surface area contributed by atoms with E-state index in [-0.39, 0.29) is 5.78 Å². The van der Waals surface area contributed by atoms with Gasteiger partial charge >= 0.3 is 0 Å². The maximum atomic E-state index is 11.2. The normalized spacial score (nSPS) is 9.92.